The number of hydrogen-bond acceptors (Lipinski definition) is 4. The highest BCUT2D eigenvalue weighted by atomic mass is 16.5. The average Bonchev–Trinajstić information content (AvgIpc) is 2.77. The lowest BCUT2D eigenvalue weighted by molar-refractivity contribution is 0.245. The van der Waals surface area contributed by atoms with Gasteiger partial charge in [0.1, 0.15) is 0 Å². The molecule has 0 amide bonds. The molecule has 1 aliphatic rings. The first-order valence-electron chi connectivity index (χ1n) is 8.48. The van der Waals surface area contributed by atoms with Crippen molar-refractivity contribution in [1.29, 1.82) is 0 Å². The summed E-state index contributed by atoms with van der Waals surface area (Å²) in [7, 11) is 0. The minimum Gasteiger partial charge on any atom is -0.490 e. The van der Waals surface area contributed by atoms with Gasteiger partial charge in [-0.25, -0.2) is 0 Å². The normalized spacial score (nSPS) is 16.9. The van der Waals surface area contributed by atoms with Crippen LogP contribution in [0.25, 0.3) is 0 Å². The summed E-state index contributed by atoms with van der Waals surface area (Å²) in [4.78, 5) is 0. The maximum Gasteiger partial charge on any atom is 0.161 e. The first-order valence-corrected chi connectivity index (χ1v) is 8.48. The first kappa shape index (κ1) is 17.1. The number of aliphatic hydroxyl groups is 1. The van der Waals surface area contributed by atoms with E-state index >= 15 is 0 Å². The Hall–Kier alpha value is -1.26. The minimum atomic E-state index is 0.259. The smallest absolute Gasteiger partial charge is 0.161 e. The molecule has 2 N–H and O–H groups in total. The van der Waals surface area contributed by atoms with Crippen LogP contribution in [0.1, 0.15) is 51.1 Å². The summed E-state index contributed by atoms with van der Waals surface area (Å²) in [6.45, 7) is 7.00. The summed E-state index contributed by atoms with van der Waals surface area (Å²) in [5.41, 5.74) is 1.21. The third-order valence-electron chi connectivity index (χ3n) is 4.22. The summed E-state index contributed by atoms with van der Waals surface area (Å²) in [6.07, 6.45) is 4.11. The van der Waals surface area contributed by atoms with Crippen molar-refractivity contribution in [2.45, 2.75) is 45.6 Å². The fourth-order valence-corrected chi connectivity index (χ4v) is 2.85. The van der Waals surface area contributed by atoms with Gasteiger partial charge in [0.25, 0.3) is 0 Å². The second kappa shape index (κ2) is 9.01. The molecule has 0 aliphatic carbocycles. The van der Waals surface area contributed by atoms with Crippen LogP contribution in [0.3, 0.4) is 0 Å². The van der Waals surface area contributed by atoms with Crippen LogP contribution in [0.5, 0.6) is 11.5 Å². The summed E-state index contributed by atoms with van der Waals surface area (Å²) in [6, 6.07) is 6.45. The quantitative estimate of drug-likeness (QED) is 0.774. The Kier molecular flexibility index (Phi) is 7.00. The van der Waals surface area contributed by atoms with Crippen molar-refractivity contribution in [2.75, 3.05) is 26.4 Å². The Morgan fingerprint density at radius 3 is 2.68 bits per heavy atom. The van der Waals surface area contributed by atoms with E-state index in [0.717, 1.165) is 50.3 Å². The molecule has 0 radical (unpaired) electrons. The molecule has 0 saturated carbocycles. The van der Waals surface area contributed by atoms with Crippen LogP contribution in [-0.2, 0) is 0 Å². The van der Waals surface area contributed by atoms with Gasteiger partial charge in [-0.15, -0.1) is 0 Å². The molecule has 0 aromatic heterocycles. The lowest BCUT2D eigenvalue weighted by Crippen LogP contribution is -2.26. The van der Waals surface area contributed by atoms with E-state index in [9.17, 15) is 0 Å². The lowest BCUT2D eigenvalue weighted by Gasteiger charge is -2.21. The fourth-order valence-electron chi connectivity index (χ4n) is 2.85. The number of aliphatic hydroxyl groups excluding tert-OH is 1. The predicted octanol–water partition coefficient (Wildman–Crippen LogP) is 3.30. The largest absolute Gasteiger partial charge is 0.490 e. The van der Waals surface area contributed by atoms with Crippen molar-refractivity contribution in [3.05, 3.63) is 23.8 Å². The highest BCUT2D eigenvalue weighted by molar-refractivity contribution is 5.44. The molecule has 0 spiro atoms. The van der Waals surface area contributed by atoms with E-state index in [0.29, 0.717) is 12.5 Å². The molecule has 1 aliphatic heterocycles. The Morgan fingerprint density at radius 2 is 1.95 bits per heavy atom. The van der Waals surface area contributed by atoms with Gasteiger partial charge in [0, 0.05) is 19.1 Å². The second-order valence-corrected chi connectivity index (χ2v) is 6.05. The fraction of sp³-hybridized carbons (Fsp3) is 0.667. The molecule has 1 aromatic rings. The van der Waals surface area contributed by atoms with Crippen LogP contribution in [0.4, 0.5) is 0 Å². The SMILES string of the molecule is CCCC(CCO)CNC(C)c1ccc2c(c1)OCCCO2. The molecule has 2 atom stereocenters. The number of fused-ring (bicyclic) bond motifs is 1. The zero-order chi connectivity index (χ0) is 15.8. The number of hydrogen-bond donors (Lipinski definition) is 2. The molecule has 4 nitrogen and oxygen atoms in total. The number of ether oxygens (including phenoxy) is 2. The third kappa shape index (κ3) is 4.89. The van der Waals surface area contributed by atoms with Crippen molar-refractivity contribution in [1.82, 2.24) is 5.32 Å². The Labute approximate surface area is 133 Å². The van der Waals surface area contributed by atoms with Gasteiger partial charge in [0.05, 0.1) is 13.2 Å². The van der Waals surface area contributed by atoms with E-state index in [2.05, 4.69) is 31.3 Å². The number of rotatable bonds is 8. The van der Waals surface area contributed by atoms with Gasteiger partial charge in [-0.1, -0.05) is 19.4 Å². The summed E-state index contributed by atoms with van der Waals surface area (Å²) in [5, 5.41) is 12.7. The Morgan fingerprint density at radius 1 is 1.18 bits per heavy atom. The van der Waals surface area contributed by atoms with Crippen molar-refractivity contribution < 1.29 is 14.6 Å². The minimum absolute atomic E-state index is 0.259. The standard InChI is InChI=1S/C18H29NO3/c1-3-5-15(8-9-20)13-19-14(2)16-6-7-17-18(12-16)22-11-4-10-21-17/h6-7,12,14-15,19-20H,3-5,8-11,13H2,1-2H3. The van der Waals surface area contributed by atoms with Crippen LogP contribution in [0.2, 0.25) is 0 Å². The molecule has 2 unspecified atom stereocenters. The predicted molar refractivity (Wildman–Crippen MR) is 88.6 cm³/mol. The van der Waals surface area contributed by atoms with Gasteiger partial charge in [0.15, 0.2) is 11.5 Å². The summed E-state index contributed by atoms with van der Waals surface area (Å²) >= 11 is 0. The van der Waals surface area contributed by atoms with Gasteiger partial charge < -0.3 is 19.9 Å². The van der Waals surface area contributed by atoms with Gasteiger partial charge in [-0.2, -0.15) is 0 Å². The Balaban J connectivity index is 1.94. The lowest BCUT2D eigenvalue weighted by atomic mass is 9.99. The average molecular weight is 307 g/mol. The summed E-state index contributed by atoms with van der Waals surface area (Å²) in [5.74, 6) is 2.24. The molecule has 0 fully saturated rings. The molecule has 0 bridgehead atoms. The molecular formula is C18H29NO3. The molecule has 1 heterocycles. The van der Waals surface area contributed by atoms with E-state index in [1.807, 2.05) is 6.07 Å². The maximum atomic E-state index is 9.15. The van der Waals surface area contributed by atoms with Crippen LogP contribution in [-0.4, -0.2) is 31.5 Å². The maximum absolute atomic E-state index is 9.15. The van der Waals surface area contributed by atoms with Crippen molar-refractivity contribution in [2.24, 2.45) is 5.92 Å². The molecular weight excluding hydrogens is 278 g/mol. The molecule has 22 heavy (non-hydrogen) atoms. The van der Waals surface area contributed by atoms with E-state index in [4.69, 9.17) is 14.6 Å². The summed E-state index contributed by atoms with van der Waals surface area (Å²) < 4.78 is 11.4. The van der Waals surface area contributed by atoms with Gasteiger partial charge in [-0.05, 0) is 49.9 Å². The number of nitrogens with one attached hydrogen (secondary N) is 1. The highest BCUT2D eigenvalue weighted by Crippen LogP contribution is 2.32. The van der Waals surface area contributed by atoms with Crippen LogP contribution in [0.15, 0.2) is 18.2 Å². The molecule has 4 heteroatoms. The molecule has 1 aromatic carbocycles. The first-order chi connectivity index (χ1) is 10.7. The zero-order valence-electron chi connectivity index (χ0n) is 13.8. The van der Waals surface area contributed by atoms with E-state index in [1.165, 1.54) is 5.56 Å². The van der Waals surface area contributed by atoms with Crippen LogP contribution in [0, 0.1) is 5.92 Å². The topological polar surface area (TPSA) is 50.7 Å². The van der Waals surface area contributed by atoms with Crippen molar-refractivity contribution in [3.8, 4) is 11.5 Å². The van der Waals surface area contributed by atoms with E-state index in [-0.39, 0.29) is 12.6 Å². The van der Waals surface area contributed by atoms with Gasteiger partial charge in [0.2, 0.25) is 0 Å². The van der Waals surface area contributed by atoms with Gasteiger partial charge >= 0.3 is 0 Å². The van der Waals surface area contributed by atoms with Crippen LogP contribution < -0.4 is 14.8 Å². The molecule has 0 saturated heterocycles. The van der Waals surface area contributed by atoms with Crippen LogP contribution >= 0.6 is 0 Å². The molecule has 124 valence electrons. The van der Waals surface area contributed by atoms with E-state index in [1.54, 1.807) is 0 Å². The molecule has 2 rings (SSSR count). The second-order valence-electron chi connectivity index (χ2n) is 6.05. The monoisotopic (exact) mass is 307 g/mol. The van der Waals surface area contributed by atoms with Gasteiger partial charge in [-0.3, -0.25) is 0 Å². The Bertz CT molecular complexity index is 444. The third-order valence-corrected chi connectivity index (χ3v) is 4.22. The van der Waals surface area contributed by atoms with Crippen molar-refractivity contribution in [3.63, 3.8) is 0 Å². The zero-order valence-corrected chi connectivity index (χ0v) is 13.8. The van der Waals surface area contributed by atoms with Crippen molar-refractivity contribution >= 4 is 0 Å². The number of benzene rings is 1. The van der Waals surface area contributed by atoms with E-state index < -0.39 is 0 Å². The highest BCUT2D eigenvalue weighted by Gasteiger charge is 2.15.